The molecule has 0 bridgehead atoms. The molecular formula is C20H20N4. The molecule has 4 nitrogen and oxygen atoms in total. The van der Waals surface area contributed by atoms with Crippen molar-refractivity contribution < 1.29 is 0 Å². The first kappa shape index (κ1) is 15.9. The molecule has 24 heavy (non-hydrogen) atoms. The zero-order valence-corrected chi connectivity index (χ0v) is 13.7. The summed E-state index contributed by atoms with van der Waals surface area (Å²) in [5, 5.41) is 8.64. The van der Waals surface area contributed by atoms with Crippen molar-refractivity contribution in [2.45, 2.75) is 19.4 Å². The molecule has 1 atom stereocenters. The van der Waals surface area contributed by atoms with Gasteiger partial charge in [0.1, 0.15) is 6.04 Å². The van der Waals surface area contributed by atoms with E-state index in [1.165, 1.54) is 5.56 Å². The van der Waals surface area contributed by atoms with Crippen LogP contribution in [-0.2, 0) is 6.42 Å². The predicted octanol–water partition coefficient (Wildman–Crippen LogP) is 4.01. The first-order chi connectivity index (χ1) is 11.8. The van der Waals surface area contributed by atoms with Crippen LogP contribution in [0, 0.1) is 6.92 Å². The van der Waals surface area contributed by atoms with Crippen molar-refractivity contribution in [3.63, 3.8) is 0 Å². The van der Waals surface area contributed by atoms with Gasteiger partial charge in [0.15, 0.2) is 0 Å². The highest BCUT2D eigenvalue weighted by atomic mass is 15.4. The summed E-state index contributed by atoms with van der Waals surface area (Å²) in [4.78, 5) is 4.55. The molecule has 3 rings (SSSR count). The minimum absolute atomic E-state index is 0.0146. The van der Waals surface area contributed by atoms with Gasteiger partial charge in [0.2, 0.25) is 0 Å². The highest BCUT2D eigenvalue weighted by Gasteiger charge is 2.20. The lowest BCUT2D eigenvalue weighted by molar-refractivity contribution is 0.490. The zero-order valence-electron chi connectivity index (χ0n) is 13.7. The second-order valence-corrected chi connectivity index (χ2v) is 5.56. The van der Waals surface area contributed by atoms with Crippen LogP contribution in [0.25, 0.3) is 6.08 Å². The number of aromatic nitrogens is 4. The number of rotatable bonds is 6. The summed E-state index contributed by atoms with van der Waals surface area (Å²) in [6, 6.07) is 16.3. The zero-order chi connectivity index (χ0) is 16.8. The maximum absolute atomic E-state index is 4.55. The second-order valence-electron chi connectivity index (χ2n) is 5.56. The Morgan fingerprint density at radius 2 is 1.92 bits per heavy atom. The molecule has 0 saturated heterocycles. The van der Waals surface area contributed by atoms with Crippen LogP contribution in [0.2, 0.25) is 0 Å². The maximum atomic E-state index is 4.55. The van der Waals surface area contributed by atoms with E-state index in [2.05, 4.69) is 46.1 Å². The summed E-state index contributed by atoms with van der Waals surface area (Å²) in [6.45, 7) is 5.70. The summed E-state index contributed by atoms with van der Waals surface area (Å²) in [6.07, 6.45) is 8.26. The third-order valence-corrected chi connectivity index (χ3v) is 3.90. The fraction of sp³-hybridized carbons (Fsp3) is 0.150. The summed E-state index contributed by atoms with van der Waals surface area (Å²) in [5.74, 6) is 0. The first-order valence-corrected chi connectivity index (χ1v) is 7.95. The summed E-state index contributed by atoms with van der Waals surface area (Å²) in [7, 11) is 0. The van der Waals surface area contributed by atoms with Gasteiger partial charge in [-0.15, -0.1) is 5.10 Å². The molecule has 0 aliphatic rings. The predicted molar refractivity (Wildman–Crippen MR) is 96.5 cm³/mol. The molecule has 4 heteroatoms. The number of pyridine rings is 1. The van der Waals surface area contributed by atoms with Gasteiger partial charge in [-0.05, 0) is 30.7 Å². The molecule has 0 aliphatic carbocycles. The molecule has 1 aromatic carbocycles. The fourth-order valence-electron chi connectivity index (χ4n) is 2.69. The van der Waals surface area contributed by atoms with Gasteiger partial charge in [0.05, 0.1) is 17.1 Å². The number of hydrogen-bond donors (Lipinski definition) is 0. The van der Waals surface area contributed by atoms with E-state index in [4.69, 9.17) is 0 Å². The molecule has 3 aromatic rings. The monoisotopic (exact) mass is 316 g/mol. The highest BCUT2D eigenvalue weighted by molar-refractivity contribution is 5.49. The lowest BCUT2D eigenvalue weighted by atomic mass is 10.0. The van der Waals surface area contributed by atoms with Gasteiger partial charge in [-0.3, -0.25) is 4.98 Å². The largest absolute Gasteiger partial charge is 0.259 e. The molecular weight excluding hydrogens is 296 g/mol. The van der Waals surface area contributed by atoms with Gasteiger partial charge < -0.3 is 0 Å². The van der Waals surface area contributed by atoms with Crippen LogP contribution in [0.5, 0.6) is 0 Å². The SMILES string of the molecule is C=C/C=C\c1c(C)nnn1C(Cc1ccccc1)c1ccccn1. The van der Waals surface area contributed by atoms with Crippen LogP contribution in [0.4, 0.5) is 0 Å². The van der Waals surface area contributed by atoms with Crippen molar-refractivity contribution in [2.75, 3.05) is 0 Å². The van der Waals surface area contributed by atoms with E-state index < -0.39 is 0 Å². The van der Waals surface area contributed by atoms with Gasteiger partial charge in [-0.25, -0.2) is 4.68 Å². The fourth-order valence-corrected chi connectivity index (χ4v) is 2.69. The second kappa shape index (κ2) is 7.51. The average Bonchev–Trinajstić information content (AvgIpc) is 3.00. The third kappa shape index (κ3) is 3.49. The standard InChI is InChI=1S/C20H20N4/c1-3-4-13-19-16(2)22-23-24(19)20(18-12-8-9-14-21-18)15-17-10-6-5-7-11-17/h3-14,20H,1,15H2,2H3/b13-4-. The lowest BCUT2D eigenvalue weighted by Gasteiger charge is -2.18. The number of nitrogens with zero attached hydrogens (tertiary/aromatic N) is 4. The normalized spacial score (nSPS) is 12.4. The van der Waals surface area contributed by atoms with E-state index in [0.29, 0.717) is 0 Å². The van der Waals surface area contributed by atoms with Gasteiger partial charge in [-0.2, -0.15) is 0 Å². The molecule has 2 aromatic heterocycles. The van der Waals surface area contributed by atoms with Crippen molar-refractivity contribution in [3.05, 3.63) is 96.1 Å². The van der Waals surface area contributed by atoms with Crippen molar-refractivity contribution in [1.29, 1.82) is 0 Å². The Bertz CT molecular complexity index is 819. The maximum Gasteiger partial charge on any atom is 0.100 e. The van der Waals surface area contributed by atoms with E-state index in [1.54, 1.807) is 6.08 Å². The Morgan fingerprint density at radius 1 is 1.12 bits per heavy atom. The van der Waals surface area contributed by atoms with Crippen LogP contribution in [0.15, 0.2) is 73.5 Å². The number of benzene rings is 1. The summed E-state index contributed by atoms with van der Waals surface area (Å²) < 4.78 is 1.95. The first-order valence-electron chi connectivity index (χ1n) is 7.95. The molecule has 0 N–H and O–H groups in total. The van der Waals surface area contributed by atoms with Crippen molar-refractivity contribution >= 4 is 6.08 Å². The average molecular weight is 316 g/mol. The van der Waals surface area contributed by atoms with Crippen LogP contribution in [0.3, 0.4) is 0 Å². The van der Waals surface area contributed by atoms with Gasteiger partial charge in [-0.1, -0.05) is 60.3 Å². The minimum Gasteiger partial charge on any atom is -0.259 e. The Morgan fingerprint density at radius 3 is 2.62 bits per heavy atom. The highest BCUT2D eigenvalue weighted by Crippen LogP contribution is 2.24. The molecule has 0 spiro atoms. The lowest BCUT2D eigenvalue weighted by Crippen LogP contribution is -2.18. The smallest absolute Gasteiger partial charge is 0.100 e. The molecule has 0 aliphatic heterocycles. The summed E-state index contributed by atoms with van der Waals surface area (Å²) >= 11 is 0. The van der Waals surface area contributed by atoms with Crippen LogP contribution < -0.4 is 0 Å². The molecule has 2 heterocycles. The van der Waals surface area contributed by atoms with E-state index in [1.807, 2.05) is 54.2 Å². The van der Waals surface area contributed by atoms with Crippen molar-refractivity contribution in [3.8, 4) is 0 Å². The number of aryl methyl sites for hydroxylation is 1. The Labute approximate surface area is 142 Å². The minimum atomic E-state index is -0.0146. The van der Waals surface area contributed by atoms with Crippen LogP contribution in [-0.4, -0.2) is 20.0 Å². The number of hydrogen-bond acceptors (Lipinski definition) is 3. The quantitative estimate of drug-likeness (QED) is 0.645. The van der Waals surface area contributed by atoms with E-state index in [-0.39, 0.29) is 6.04 Å². The summed E-state index contributed by atoms with van der Waals surface area (Å²) in [5.41, 5.74) is 4.07. The Balaban J connectivity index is 2.05. The van der Waals surface area contributed by atoms with E-state index >= 15 is 0 Å². The van der Waals surface area contributed by atoms with Gasteiger partial charge in [0, 0.05) is 12.6 Å². The molecule has 120 valence electrons. The van der Waals surface area contributed by atoms with Gasteiger partial charge in [0.25, 0.3) is 0 Å². The van der Waals surface area contributed by atoms with Crippen molar-refractivity contribution in [2.24, 2.45) is 0 Å². The van der Waals surface area contributed by atoms with Crippen LogP contribution in [0.1, 0.15) is 28.7 Å². The van der Waals surface area contributed by atoms with Crippen LogP contribution >= 0.6 is 0 Å². The molecule has 1 unspecified atom stereocenters. The molecule has 0 amide bonds. The molecule has 0 saturated carbocycles. The topological polar surface area (TPSA) is 43.6 Å². The van der Waals surface area contributed by atoms with Crippen molar-refractivity contribution in [1.82, 2.24) is 20.0 Å². The third-order valence-electron chi connectivity index (χ3n) is 3.90. The molecule has 0 radical (unpaired) electrons. The van der Waals surface area contributed by atoms with Gasteiger partial charge >= 0.3 is 0 Å². The van der Waals surface area contributed by atoms with E-state index in [0.717, 1.165) is 23.5 Å². The molecule has 0 fully saturated rings. The number of allylic oxidation sites excluding steroid dienone is 2. The Hall–Kier alpha value is -3.01. The Kier molecular flexibility index (Phi) is 4.96. The van der Waals surface area contributed by atoms with E-state index in [9.17, 15) is 0 Å².